The van der Waals surface area contributed by atoms with Gasteiger partial charge in [0, 0.05) is 23.3 Å². The van der Waals surface area contributed by atoms with Gasteiger partial charge in [0.1, 0.15) is 0 Å². The van der Waals surface area contributed by atoms with E-state index in [1.165, 1.54) is 7.11 Å². The fourth-order valence-corrected chi connectivity index (χ4v) is 2.45. The summed E-state index contributed by atoms with van der Waals surface area (Å²) < 4.78 is 5.58. The van der Waals surface area contributed by atoms with Crippen molar-refractivity contribution >= 4 is 21.9 Å². The molecule has 5 heteroatoms. The molecule has 1 heterocycles. The van der Waals surface area contributed by atoms with Gasteiger partial charge in [0.05, 0.1) is 18.4 Å². The zero-order chi connectivity index (χ0) is 15.2. The van der Waals surface area contributed by atoms with E-state index in [0.717, 1.165) is 15.7 Å². The molecule has 2 aromatic rings. The number of nitrogens with one attached hydrogen (secondary N) is 1. The van der Waals surface area contributed by atoms with Crippen molar-refractivity contribution in [1.29, 1.82) is 0 Å². The summed E-state index contributed by atoms with van der Waals surface area (Å²) in [7, 11) is 1.38. The second-order valence-corrected chi connectivity index (χ2v) is 5.51. The largest absolute Gasteiger partial charge is 0.465 e. The number of aromatic nitrogens is 1. The lowest BCUT2D eigenvalue weighted by molar-refractivity contribution is 0.0600. The molecule has 21 heavy (non-hydrogen) atoms. The minimum Gasteiger partial charge on any atom is -0.465 e. The summed E-state index contributed by atoms with van der Waals surface area (Å²) in [5.41, 5.74) is 2.61. The van der Waals surface area contributed by atoms with Gasteiger partial charge in [-0.1, -0.05) is 28.1 Å². The molecule has 2 rings (SSSR count). The topological polar surface area (TPSA) is 51.2 Å². The number of ether oxygens (including phenoxy) is 1. The van der Waals surface area contributed by atoms with Crippen LogP contribution in [0.4, 0.5) is 0 Å². The van der Waals surface area contributed by atoms with Gasteiger partial charge in [0.15, 0.2) is 0 Å². The van der Waals surface area contributed by atoms with Crippen LogP contribution in [-0.4, -0.2) is 18.1 Å². The zero-order valence-electron chi connectivity index (χ0n) is 12.0. The predicted octanol–water partition coefficient (Wildman–Crippen LogP) is 3.48. The highest BCUT2D eigenvalue weighted by atomic mass is 79.9. The van der Waals surface area contributed by atoms with Crippen molar-refractivity contribution in [1.82, 2.24) is 10.3 Å². The standard InChI is InChI=1S/C16H17BrN2O2/c1-11(15-5-3-4-8-18-15)19-10-13-7-6-12(9-14(13)17)16(20)21-2/h3-9,11,19H,10H2,1-2H3/t11-/m1/s1. The summed E-state index contributed by atoms with van der Waals surface area (Å²) in [4.78, 5) is 15.8. The summed E-state index contributed by atoms with van der Waals surface area (Å²) in [5.74, 6) is -0.336. The molecule has 0 unspecified atom stereocenters. The van der Waals surface area contributed by atoms with Gasteiger partial charge >= 0.3 is 5.97 Å². The molecule has 0 aliphatic carbocycles. The highest BCUT2D eigenvalue weighted by Gasteiger charge is 2.10. The van der Waals surface area contributed by atoms with Gasteiger partial charge in [-0.25, -0.2) is 4.79 Å². The molecule has 4 nitrogen and oxygen atoms in total. The van der Waals surface area contributed by atoms with Crippen LogP contribution in [0.15, 0.2) is 47.1 Å². The number of nitrogens with zero attached hydrogens (tertiary/aromatic N) is 1. The molecule has 1 atom stereocenters. The first-order chi connectivity index (χ1) is 10.1. The van der Waals surface area contributed by atoms with Crippen LogP contribution in [0.3, 0.4) is 0 Å². The molecular weight excluding hydrogens is 332 g/mol. The van der Waals surface area contributed by atoms with E-state index in [4.69, 9.17) is 4.74 Å². The molecule has 0 fully saturated rings. The van der Waals surface area contributed by atoms with Gasteiger partial charge in [0.25, 0.3) is 0 Å². The number of carbonyl (C=O) groups is 1. The number of halogens is 1. The van der Waals surface area contributed by atoms with Gasteiger partial charge < -0.3 is 10.1 Å². The van der Waals surface area contributed by atoms with Crippen LogP contribution in [0.2, 0.25) is 0 Å². The first-order valence-electron chi connectivity index (χ1n) is 6.63. The summed E-state index contributed by atoms with van der Waals surface area (Å²) in [6, 6.07) is 11.5. The number of benzene rings is 1. The van der Waals surface area contributed by atoms with Crippen LogP contribution >= 0.6 is 15.9 Å². The third-order valence-electron chi connectivity index (χ3n) is 3.20. The third-order valence-corrected chi connectivity index (χ3v) is 3.94. The van der Waals surface area contributed by atoms with Crippen molar-refractivity contribution in [3.8, 4) is 0 Å². The molecule has 0 saturated heterocycles. The van der Waals surface area contributed by atoms with Gasteiger partial charge in [0.2, 0.25) is 0 Å². The average Bonchev–Trinajstić information content (AvgIpc) is 2.53. The Morgan fingerprint density at radius 2 is 2.19 bits per heavy atom. The Balaban J connectivity index is 2.02. The van der Waals surface area contributed by atoms with E-state index in [1.54, 1.807) is 18.3 Å². The van der Waals surface area contributed by atoms with Crippen molar-refractivity contribution in [2.75, 3.05) is 7.11 Å². The maximum Gasteiger partial charge on any atom is 0.337 e. The van der Waals surface area contributed by atoms with Gasteiger partial charge in [-0.3, -0.25) is 4.98 Å². The summed E-state index contributed by atoms with van der Waals surface area (Å²) in [6.07, 6.45) is 1.79. The lowest BCUT2D eigenvalue weighted by Crippen LogP contribution is -2.19. The first-order valence-corrected chi connectivity index (χ1v) is 7.42. The van der Waals surface area contributed by atoms with Crippen molar-refractivity contribution in [2.24, 2.45) is 0 Å². The second kappa shape index (κ2) is 7.33. The molecule has 0 saturated carbocycles. The quantitative estimate of drug-likeness (QED) is 0.840. The van der Waals surface area contributed by atoms with E-state index in [9.17, 15) is 4.79 Å². The second-order valence-electron chi connectivity index (χ2n) is 4.65. The van der Waals surface area contributed by atoms with E-state index in [0.29, 0.717) is 12.1 Å². The Hall–Kier alpha value is -1.72. The lowest BCUT2D eigenvalue weighted by atomic mass is 10.1. The number of methoxy groups -OCH3 is 1. The number of rotatable bonds is 5. The Bertz CT molecular complexity index is 617. The summed E-state index contributed by atoms with van der Waals surface area (Å²) in [5, 5.41) is 3.41. The van der Waals surface area contributed by atoms with Crippen LogP contribution in [-0.2, 0) is 11.3 Å². The van der Waals surface area contributed by atoms with Gasteiger partial charge in [-0.2, -0.15) is 0 Å². The van der Waals surface area contributed by atoms with Crippen molar-refractivity contribution in [3.05, 3.63) is 63.9 Å². The lowest BCUT2D eigenvalue weighted by Gasteiger charge is -2.14. The Kier molecular flexibility index (Phi) is 5.47. The number of esters is 1. The minimum atomic E-state index is -0.336. The number of hydrogen-bond donors (Lipinski definition) is 1. The fourth-order valence-electron chi connectivity index (χ4n) is 1.94. The molecule has 0 amide bonds. The van der Waals surface area contributed by atoms with Crippen molar-refractivity contribution in [2.45, 2.75) is 19.5 Å². The molecule has 110 valence electrons. The number of carbonyl (C=O) groups excluding carboxylic acids is 1. The normalized spacial score (nSPS) is 12.0. The maximum atomic E-state index is 11.5. The molecule has 0 spiro atoms. The molecule has 1 aromatic carbocycles. The molecule has 1 aromatic heterocycles. The third kappa shape index (κ3) is 4.12. The van der Waals surface area contributed by atoms with Crippen LogP contribution in [0.5, 0.6) is 0 Å². The van der Waals surface area contributed by atoms with Crippen molar-refractivity contribution in [3.63, 3.8) is 0 Å². The Morgan fingerprint density at radius 3 is 2.81 bits per heavy atom. The zero-order valence-corrected chi connectivity index (χ0v) is 13.6. The minimum absolute atomic E-state index is 0.151. The number of hydrogen-bond acceptors (Lipinski definition) is 4. The fraction of sp³-hybridized carbons (Fsp3) is 0.250. The van der Waals surface area contributed by atoms with Gasteiger partial charge in [-0.15, -0.1) is 0 Å². The van der Waals surface area contributed by atoms with Crippen LogP contribution in [0.1, 0.15) is 34.6 Å². The summed E-state index contributed by atoms with van der Waals surface area (Å²) in [6.45, 7) is 2.75. The smallest absolute Gasteiger partial charge is 0.337 e. The Labute approximate surface area is 132 Å². The van der Waals surface area contributed by atoms with E-state index < -0.39 is 0 Å². The molecule has 0 radical (unpaired) electrons. The monoisotopic (exact) mass is 348 g/mol. The number of pyridine rings is 1. The van der Waals surface area contributed by atoms with E-state index >= 15 is 0 Å². The summed E-state index contributed by atoms with van der Waals surface area (Å²) >= 11 is 3.49. The highest BCUT2D eigenvalue weighted by Crippen LogP contribution is 2.20. The SMILES string of the molecule is COC(=O)c1ccc(CN[C@H](C)c2ccccn2)c(Br)c1. The van der Waals surface area contributed by atoms with E-state index in [2.05, 4.69) is 33.2 Å². The maximum absolute atomic E-state index is 11.5. The predicted molar refractivity (Wildman–Crippen MR) is 85.0 cm³/mol. The highest BCUT2D eigenvalue weighted by molar-refractivity contribution is 9.10. The van der Waals surface area contributed by atoms with Crippen LogP contribution < -0.4 is 5.32 Å². The van der Waals surface area contributed by atoms with E-state index in [-0.39, 0.29) is 12.0 Å². The Morgan fingerprint density at radius 1 is 1.38 bits per heavy atom. The molecular formula is C16H17BrN2O2. The first kappa shape index (κ1) is 15.7. The van der Waals surface area contributed by atoms with E-state index in [1.807, 2.05) is 24.3 Å². The molecule has 0 aliphatic rings. The molecule has 1 N–H and O–H groups in total. The average molecular weight is 349 g/mol. The van der Waals surface area contributed by atoms with Crippen LogP contribution in [0.25, 0.3) is 0 Å². The molecule has 0 bridgehead atoms. The van der Waals surface area contributed by atoms with Gasteiger partial charge in [-0.05, 0) is 36.8 Å². The van der Waals surface area contributed by atoms with Crippen LogP contribution in [0, 0.1) is 0 Å². The molecule has 0 aliphatic heterocycles. The van der Waals surface area contributed by atoms with Crippen molar-refractivity contribution < 1.29 is 9.53 Å².